The molecule has 1 aromatic carbocycles. The van der Waals surface area contributed by atoms with E-state index in [4.69, 9.17) is 4.74 Å². The number of Topliss-reactive ketones (excluding diaryl/α,β-unsaturated/α-hetero) is 1. The number of carbonyl (C=O) groups excluding carboxylic acids is 2. The second-order valence-electron chi connectivity index (χ2n) is 5.89. The van der Waals surface area contributed by atoms with Crippen LogP contribution in [0.3, 0.4) is 0 Å². The van der Waals surface area contributed by atoms with Gasteiger partial charge in [0.15, 0.2) is 5.78 Å². The van der Waals surface area contributed by atoms with Gasteiger partial charge in [0.1, 0.15) is 18.3 Å². The number of ketones is 1. The summed E-state index contributed by atoms with van der Waals surface area (Å²) in [4.78, 5) is 31.8. The normalized spacial score (nSPS) is 11.0. The first-order valence-corrected chi connectivity index (χ1v) is 6.96. The van der Waals surface area contributed by atoms with Crippen molar-refractivity contribution in [3.05, 3.63) is 48.5 Å². The van der Waals surface area contributed by atoms with Crippen LogP contribution in [0, 0.1) is 0 Å². The van der Waals surface area contributed by atoms with E-state index in [2.05, 4.69) is 9.97 Å². The Labute approximate surface area is 129 Å². The molecular weight excluding hydrogens is 280 g/mol. The maximum Gasteiger partial charge on any atom is 0.314 e. The molecule has 22 heavy (non-hydrogen) atoms. The summed E-state index contributed by atoms with van der Waals surface area (Å²) in [6.45, 7) is 5.31. The van der Waals surface area contributed by atoms with Crippen molar-refractivity contribution in [2.45, 2.75) is 32.8 Å². The Balaban J connectivity index is 2.13. The molecule has 2 rings (SSSR count). The van der Waals surface area contributed by atoms with Gasteiger partial charge in [0.05, 0.1) is 0 Å². The van der Waals surface area contributed by atoms with Crippen LogP contribution in [0.2, 0.25) is 0 Å². The molecule has 0 atom stereocenters. The second-order valence-corrected chi connectivity index (χ2v) is 5.89. The lowest BCUT2D eigenvalue weighted by Gasteiger charge is -2.19. The van der Waals surface area contributed by atoms with Gasteiger partial charge in [-0.1, -0.05) is 18.2 Å². The molecule has 0 saturated heterocycles. The number of ether oxygens (including phenoxy) is 1. The van der Waals surface area contributed by atoms with Gasteiger partial charge in [0.2, 0.25) is 0 Å². The summed E-state index contributed by atoms with van der Waals surface area (Å²) in [7, 11) is 0. The summed E-state index contributed by atoms with van der Waals surface area (Å²) in [6, 6.07) is 7.04. The van der Waals surface area contributed by atoms with Crippen LogP contribution >= 0.6 is 0 Å². The maximum atomic E-state index is 12.2. The summed E-state index contributed by atoms with van der Waals surface area (Å²) in [6.07, 6.45) is 4.52. The molecule has 0 aliphatic rings. The van der Waals surface area contributed by atoms with E-state index >= 15 is 0 Å². The van der Waals surface area contributed by atoms with Crippen LogP contribution in [0.25, 0.3) is 11.1 Å². The van der Waals surface area contributed by atoms with Crippen LogP contribution in [0.1, 0.15) is 37.6 Å². The molecule has 114 valence electrons. The molecule has 1 aromatic heterocycles. The van der Waals surface area contributed by atoms with Gasteiger partial charge in [-0.2, -0.15) is 0 Å². The minimum Gasteiger partial charge on any atom is -0.460 e. The van der Waals surface area contributed by atoms with E-state index in [0.29, 0.717) is 5.56 Å². The number of aromatic nitrogens is 2. The van der Waals surface area contributed by atoms with Gasteiger partial charge in [-0.3, -0.25) is 9.59 Å². The van der Waals surface area contributed by atoms with Crippen LogP contribution in [0.4, 0.5) is 0 Å². The molecule has 0 amide bonds. The molecule has 5 heteroatoms. The predicted molar refractivity (Wildman–Crippen MR) is 82.3 cm³/mol. The molecule has 0 fully saturated rings. The Kier molecular flexibility index (Phi) is 4.65. The summed E-state index contributed by atoms with van der Waals surface area (Å²) in [5.41, 5.74) is 1.51. The zero-order valence-electron chi connectivity index (χ0n) is 12.9. The molecule has 0 unspecified atom stereocenters. The zero-order chi connectivity index (χ0) is 16.2. The van der Waals surface area contributed by atoms with Crippen molar-refractivity contribution in [1.29, 1.82) is 0 Å². The molecule has 0 aliphatic heterocycles. The number of nitrogens with zero attached hydrogens (tertiary/aromatic N) is 2. The predicted octanol–water partition coefficient (Wildman–Crippen LogP) is 3.06. The molecule has 0 N–H and O–H groups in total. The first-order valence-electron chi connectivity index (χ1n) is 6.96. The van der Waals surface area contributed by atoms with Crippen molar-refractivity contribution in [1.82, 2.24) is 9.97 Å². The average molecular weight is 298 g/mol. The molecule has 0 spiro atoms. The summed E-state index contributed by atoms with van der Waals surface area (Å²) < 4.78 is 5.16. The number of benzene rings is 1. The maximum absolute atomic E-state index is 12.2. The Morgan fingerprint density at radius 3 is 2.41 bits per heavy atom. The average Bonchev–Trinajstić information content (AvgIpc) is 2.46. The highest BCUT2D eigenvalue weighted by Gasteiger charge is 2.19. The minimum absolute atomic E-state index is 0.270. The van der Waals surface area contributed by atoms with Crippen molar-refractivity contribution < 1.29 is 14.3 Å². The molecule has 1 heterocycles. The van der Waals surface area contributed by atoms with Gasteiger partial charge < -0.3 is 4.74 Å². The molecule has 0 saturated carbocycles. The van der Waals surface area contributed by atoms with Crippen molar-refractivity contribution >= 4 is 11.8 Å². The number of esters is 1. The SMILES string of the molecule is CC(C)(C)OC(=O)CC(=O)c1cccc(-c2cncnc2)c1. The van der Waals surface area contributed by atoms with E-state index in [0.717, 1.165) is 11.1 Å². The molecule has 0 radical (unpaired) electrons. The lowest BCUT2D eigenvalue weighted by molar-refractivity contribution is -0.153. The van der Waals surface area contributed by atoms with E-state index in [1.807, 2.05) is 6.07 Å². The van der Waals surface area contributed by atoms with Crippen LogP contribution in [-0.2, 0) is 9.53 Å². The van der Waals surface area contributed by atoms with Crippen LogP contribution in [0.15, 0.2) is 43.0 Å². The van der Waals surface area contributed by atoms with Crippen molar-refractivity contribution in [2.75, 3.05) is 0 Å². The van der Waals surface area contributed by atoms with Gasteiger partial charge in [0.25, 0.3) is 0 Å². The minimum atomic E-state index is -0.597. The molecule has 0 bridgehead atoms. The van der Waals surface area contributed by atoms with Crippen molar-refractivity contribution in [2.24, 2.45) is 0 Å². The Bertz CT molecular complexity index is 676. The highest BCUT2D eigenvalue weighted by atomic mass is 16.6. The zero-order valence-corrected chi connectivity index (χ0v) is 12.9. The topological polar surface area (TPSA) is 69.2 Å². The fourth-order valence-corrected chi connectivity index (χ4v) is 1.93. The number of hydrogen-bond donors (Lipinski definition) is 0. The third-order valence-electron chi connectivity index (χ3n) is 2.80. The summed E-state index contributed by atoms with van der Waals surface area (Å²) in [5, 5.41) is 0. The smallest absolute Gasteiger partial charge is 0.314 e. The fourth-order valence-electron chi connectivity index (χ4n) is 1.93. The highest BCUT2D eigenvalue weighted by molar-refractivity contribution is 6.06. The largest absolute Gasteiger partial charge is 0.460 e. The van der Waals surface area contributed by atoms with Gasteiger partial charge in [-0.15, -0.1) is 0 Å². The third-order valence-corrected chi connectivity index (χ3v) is 2.80. The molecule has 0 aliphatic carbocycles. The molecule has 5 nitrogen and oxygen atoms in total. The summed E-state index contributed by atoms with van der Waals surface area (Å²) >= 11 is 0. The first kappa shape index (κ1) is 15.8. The first-order chi connectivity index (χ1) is 10.3. The quantitative estimate of drug-likeness (QED) is 0.493. The van der Waals surface area contributed by atoms with E-state index in [1.54, 1.807) is 51.4 Å². The second kappa shape index (κ2) is 6.47. The standard InChI is InChI=1S/C17H18N2O3/c1-17(2,3)22-16(21)8-15(20)13-6-4-5-12(7-13)14-9-18-11-19-10-14/h4-7,9-11H,8H2,1-3H3. The van der Waals surface area contributed by atoms with Crippen LogP contribution in [-0.4, -0.2) is 27.3 Å². The van der Waals surface area contributed by atoms with Crippen molar-refractivity contribution in [3.8, 4) is 11.1 Å². The van der Waals surface area contributed by atoms with E-state index in [1.165, 1.54) is 6.33 Å². The monoisotopic (exact) mass is 298 g/mol. The van der Waals surface area contributed by atoms with Crippen molar-refractivity contribution in [3.63, 3.8) is 0 Å². The molecular formula is C17H18N2O3. The number of carbonyl (C=O) groups is 2. The van der Waals surface area contributed by atoms with E-state index < -0.39 is 11.6 Å². The number of rotatable bonds is 4. The van der Waals surface area contributed by atoms with E-state index in [9.17, 15) is 9.59 Å². The lowest BCUT2D eigenvalue weighted by atomic mass is 10.0. The van der Waals surface area contributed by atoms with Crippen LogP contribution < -0.4 is 0 Å². The van der Waals surface area contributed by atoms with Gasteiger partial charge in [-0.25, -0.2) is 9.97 Å². The Hall–Kier alpha value is -2.56. The van der Waals surface area contributed by atoms with Gasteiger partial charge in [-0.05, 0) is 32.4 Å². The highest BCUT2D eigenvalue weighted by Crippen LogP contribution is 2.19. The van der Waals surface area contributed by atoms with Gasteiger partial charge in [0, 0.05) is 23.5 Å². The third kappa shape index (κ3) is 4.48. The van der Waals surface area contributed by atoms with Crippen LogP contribution in [0.5, 0.6) is 0 Å². The Morgan fingerprint density at radius 2 is 1.77 bits per heavy atom. The van der Waals surface area contributed by atoms with Gasteiger partial charge >= 0.3 is 5.97 Å². The van der Waals surface area contributed by atoms with E-state index in [-0.39, 0.29) is 12.2 Å². The molecule has 2 aromatic rings. The Morgan fingerprint density at radius 1 is 1.09 bits per heavy atom. The lowest BCUT2D eigenvalue weighted by Crippen LogP contribution is -2.25. The number of hydrogen-bond acceptors (Lipinski definition) is 5. The fraction of sp³-hybridized carbons (Fsp3) is 0.294. The summed E-state index contributed by atoms with van der Waals surface area (Å²) in [5.74, 6) is -0.793.